The summed E-state index contributed by atoms with van der Waals surface area (Å²) in [5.74, 6) is -3.16. The lowest BCUT2D eigenvalue weighted by Crippen LogP contribution is -2.29. The quantitative estimate of drug-likeness (QED) is 0.0236. The van der Waals surface area contributed by atoms with Crippen LogP contribution >= 0.6 is 58.0 Å². The Morgan fingerprint density at radius 1 is 0.613 bits per heavy atom. The summed E-state index contributed by atoms with van der Waals surface area (Å²) in [7, 11) is 0. The van der Waals surface area contributed by atoms with Gasteiger partial charge in [-0.1, -0.05) is 76.2 Å². The molecule has 0 fully saturated rings. The van der Waals surface area contributed by atoms with Gasteiger partial charge in [0.25, 0.3) is 11.8 Å². The predicted octanol–water partition coefficient (Wildman–Crippen LogP) is 12.4. The average Bonchev–Trinajstić information content (AvgIpc) is 3.21. The standard InChI is InChI=1S/C46H38Cl5N5O6/c1-23-16-39(54-46(62)44(27(5)58)52-22-32-17-30(13-14-35(32)49)45(61)53-38-11-7-10-34(48)25(38)3)37(51)18-31(23)21-42(60)43(26(4)57)56-55-40-19-29(12-15-36(40)50)41(59)20-28-8-6-9-33(47)24(28)2/h6-19,60H,20-22H2,1-5H3,(H,53,61)(H,54,62). The third-order valence-electron chi connectivity index (χ3n) is 9.68. The van der Waals surface area contributed by atoms with E-state index >= 15 is 0 Å². The number of rotatable bonds is 15. The van der Waals surface area contributed by atoms with Crippen molar-refractivity contribution in [3.8, 4) is 0 Å². The number of azo groups is 1. The van der Waals surface area contributed by atoms with Crippen molar-refractivity contribution >= 4 is 110 Å². The molecule has 318 valence electrons. The van der Waals surface area contributed by atoms with Gasteiger partial charge in [0.05, 0.1) is 22.3 Å². The van der Waals surface area contributed by atoms with Gasteiger partial charge in [-0.3, -0.25) is 29.0 Å². The number of nitrogens with one attached hydrogen (secondary N) is 2. The number of hydrogen-bond donors (Lipinski definition) is 3. The van der Waals surface area contributed by atoms with Crippen molar-refractivity contribution in [2.75, 3.05) is 10.6 Å². The van der Waals surface area contributed by atoms with Crippen LogP contribution in [-0.4, -0.2) is 40.0 Å². The highest BCUT2D eigenvalue weighted by Gasteiger charge is 2.21. The van der Waals surface area contributed by atoms with E-state index < -0.39 is 34.9 Å². The van der Waals surface area contributed by atoms with Crippen LogP contribution in [0.2, 0.25) is 25.1 Å². The summed E-state index contributed by atoms with van der Waals surface area (Å²) in [5.41, 5.74) is 4.24. The predicted molar refractivity (Wildman–Crippen MR) is 246 cm³/mol. The number of ketones is 3. The highest BCUT2D eigenvalue weighted by atomic mass is 35.5. The van der Waals surface area contributed by atoms with E-state index in [0.29, 0.717) is 43.5 Å². The molecule has 0 aliphatic heterocycles. The highest BCUT2D eigenvalue weighted by Crippen LogP contribution is 2.31. The lowest BCUT2D eigenvalue weighted by molar-refractivity contribution is -0.115. The zero-order valence-corrected chi connectivity index (χ0v) is 37.7. The van der Waals surface area contributed by atoms with Crippen molar-refractivity contribution in [1.82, 2.24) is 0 Å². The second-order valence-corrected chi connectivity index (χ2v) is 16.2. The largest absolute Gasteiger partial charge is 0.509 e. The van der Waals surface area contributed by atoms with Crippen LogP contribution in [0.5, 0.6) is 0 Å². The Balaban J connectivity index is 1.30. The van der Waals surface area contributed by atoms with Gasteiger partial charge in [0.1, 0.15) is 11.4 Å². The molecule has 0 saturated heterocycles. The monoisotopic (exact) mass is 931 g/mol. The average molecular weight is 934 g/mol. The summed E-state index contributed by atoms with van der Waals surface area (Å²) < 4.78 is 0. The molecule has 0 unspecified atom stereocenters. The number of aliphatic hydroxyl groups is 1. The van der Waals surface area contributed by atoms with Gasteiger partial charge < -0.3 is 15.7 Å². The minimum Gasteiger partial charge on any atom is -0.509 e. The van der Waals surface area contributed by atoms with Gasteiger partial charge in [-0.15, -0.1) is 10.2 Å². The lowest BCUT2D eigenvalue weighted by Gasteiger charge is -2.13. The van der Waals surface area contributed by atoms with E-state index in [1.165, 1.54) is 56.3 Å². The molecule has 0 heterocycles. The van der Waals surface area contributed by atoms with E-state index in [2.05, 4.69) is 25.9 Å². The molecule has 0 aliphatic carbocycles. The lowest BCUT2D eigenvalue weighted by atomic mass is 9.99. The maximum atomic E-state index is 13.4. The first-order valence-electron chi connectivity index (χ1n) is 18.8. The molecule has 0 spiro atoms. The number of carbonyl (C=O) groups is 5. The van der Waals surface area contributed by atoms with Crippen LogP contribution < -0.4 is 10.6 Å². The zero-order chi connectivity index (χ0) is 45.4. The fourth-order valence-corrected chi connectivity index (χ4v) is 6.99. The molecule has 5 aromatic carbocycles. The van der Waals surface area contributed by atoms with Gasteiger partial charge >= 0.3 is 0 Å². The van der Waals surface area contributed by atoms with Crippen molar-refractivity contribution < 1.29 is 29.1 Å². The van der Waals surface area contributed by atoms with Crippen LogP contribution in [0, 0.1) is 20.8 Å². The molecule has 3 N–H and O–H groups in total. The number of aliphatic hydroxyl groups excluding tert-OH is 1. The first-order valence-corrected chi connectivity index (χ1v) is 20.7. The van der Waals surface area contributed by atoms with Gasteiger partial charge in [-0.25, -0.2) is 0 Å². The van der Waals surface area contributed by atoms with E-state index in [9.17, 15) is 29.1 Å². The van der Waals surface area contributed by atoms with Gasteiger partial charge in [0, 0.05) is 58.6 Å². The van der Waals surface area contributed by atoms with E-state index in [1.807, 2.05) is 13.0 Å². The van der Waals surface area contributed by atoms with Crippen molar-refractivity contribution in [2.45, 2.75) is 54.0 Å². The molecule has 0 aliphatic rings. The molecule has 0 aromatic heterocycles. The third-order valence-corrected chi connectivity index (χ3v) is 11.5. The number of anilines is 2. The number of halogens is 5. The van der Waals surface area contributed by atoms with E-state index in [-0.39, 0.29) is 62.9 Å². The molecule has 11 nitrogen and oxygen atoms in total. The Morgan fingerprint density at radius 3 is 1.97 bits per heavy atom. The minimum atomic E-state index is -0.848. The van der Waals surface area contributed by atoms with Gasteiger partial charge in [0.15, 0.2) is 28.8 Å². The van der Waals surface area contributed by atoms with Crippen molar-refractivity contribution in [3.05, 3.63) is 166 Å². The molecule has 5 rings (SSSR count). The number of carbonyl (C=O) groups excluding carboxylic acids is 5. The normalized spacial score (nSPS) is 11.9. The number of aliphatic imine (C=N–C) groups is 1. The number of aryl methyl sites for hydroxylation is 1. The molecule has 16 heteroatoms. The van der Waals surface area contributed by atoms with Gasteiger partial charge in [0.2, 0.25) is 0 Å². The fourth-order valence-electron chi connectivity index (χ4n) is 6.05. The second kappa shape index (κ2) is 20.9. The Morgan fingerprint density at radius 2 is 1.27 bits per heavy atom. The van der Waals surface area contributed by atoms with Crippen LogP contribution in [0.1, 0.15) is 67.9 Å². The van der Waals surface area contributed by atoms with E-state index in [1.54, 1.807) is 50.2 Å². The van der Waals surface area contributed by atoms with Crippen molar-refractivity contribution in [1.29, 1.82) is 0 Å². The fraction of sp³-hybridized carbons (Fsp3) is 0.174. The molecule has 0 saturated carbocycles. The Kier molecular flexibility index (Phi) is 16.0. The molecule has 5 aromatic rings. The van der Waals surface area contributed by atoms with Gasteiger partial charge in [-0.2, -0.15) is 0 Å². The molecule has 0 bridgehead atoms. The first-order chi connectivity index (χ1) is 29.3. The Hall–Kier alpha value is -5.69. The maximum absolute atomic E-state index is 13.4. The highest BCUT2D eigenvalue weighted by molar-refractivity contribution is 6.67. The third kappa shape index (κ3) is 11.8. The van der Waals surface area contributed by atoms with Crippen LogP contribution in [0.3, 0.4) is 0 Å². The summed E-state index contributed by atoms with van der Waals surface area (Å²) in [6, 6.07) is 22.5. The number of Topliss-reactive ketones (excluding diaryl/α,β-unsaturated/α-hetero) is 3. The Bertz CT molecular complexity index is 2750. The number of amides is 2. The smallest absolute Gasteiger partial charge is 0.277 e. The summed E-state index contributed by atoms with van der Waals surface area (Å²) in [4.78, 5) is 69.1. The summed E-state index contributed by atoms with van der Waals surface area (Å²) in [5, 5.41) is 26.2. The number of hydrogen-bond acceptors (Lipinski definition) is 9. The Labute approximate surface area is 382 Å². The van der Waals surface area contributed by atoms with Gasteiger partial charge in [-0.05, 0) is 121 Å². The molecule has 0 atom stereocenters. The zero-order valence-electron chi connectivity index (χ0n) is 33.9. The summed E-state index contributed by atoms with van der Waals surface area (Å²) in [6.07, 6.45) is -0.116. The van der Waals surface area contributed by atoms with Crippen LogP contribution in [0.15, 0.2) is 112 Å². The van der Waals surface area contributed by atoms with Crippen molar-refractivity contribution in [2.24, 2.45) is 15.2 Å². The molecular weight excluding hydrogens is 896 g/mol. The topological polar surface area (TPSA) is 167 Å². The summed E-state index contributed by atoms with van der Waals surface area (Å²) in [6.45, 7) is 7.48. The number of benzene rings is 5. The molecule has 0 radical (unpaired) electrons. The van der Waals surface area contributed by atoms with E-state index in [4.69, 9.17) is 58.0 Å². The van der Waals surface area contributed by atoms with Crippen molar-refractivity contribution in [3.63, 3.8) is 0 Å². The minimum absolute atomic E-state index is 0.0542. The molecule has 2 amide bonds. The number of allylic oxidation sites excluding steroid dienone is 2. The summed E-state index contributed by atoms with van der Waals surface area (Å²) >= 11 is 31.8. The van der Waals surface area contributed by atoms with Crippen LogP contribution in [0.25, 0.3) is 0 Å². The SMILES string of the molecule is CC(=O)C(=NCc1cc(C(=O)Nc2cccc(Cl)c2C)ccc1Cl)C(=O)Nc1cc(C)c(CC(O)=C(N=Nc2cc(C(=O)Cc3cccc(Cl)c3C)ccc2Cl)C(C)=O)cc1Cl. The first kappa shape index (κ1) is 47.4. The molecule has 62 heavy (non-hydrogen) atoms. The maximum Gasteiger partial charge on any atom is 0.277 e. The van der Waals surface area contributed by atoms with Crippen LogP contribution in [-0.2, 0) is 33.8 Å². The number of nitrogens with zero attached hydrogens (tertiary/aromatic N) is 3. The second-order valence-electron chi connectivity index (χ2n) is 14.1. The van der Waals surface area contributed by atoms with E-state index in [0.717, 1.165) is 11.1 Å². The van der Waals surface area contributed by atoms with Crippen LogP contribution in [0.4, 0.5) is 17.1 Å². The molecular formula is C46H38Cl5N5O6.